The van der Waals surface area contributed by atoms with Crippen molar-refractivity contribution >= 4 is 28.9 Å². The Hall–Kier alpha value is -2.24. The van der Waals surface area contributed by atoms with Crippen LogP contribution in [0.1, 0.15) is 5.56 Å². The monoisotopic (exact) mass is 387 g/mol. The first-order valence-corrected chi connectivity index (χ1v) is 9.76. The number of halogens is 1. The summed E-state index contributed by atoms with van der Waals surface area (Å²) in [6.45, 7) is 4.90. The molecule has 1 saturated heterocycles. The number of hydrogen-bond donors (Lipinski definition) is 2. The first-order valence-electron chi connectivity index (χ1n) is 9.38. The van der Waals surface area contributed by atoms with Crippen molar-refractivity contribution in [1.82, 2.24) is 5.32 Å². The van der Waals surface area contributed by atoms with Crippen molar-refractivity contribution in [1.29, 1.82) is 0 Å². The molecule has 2 N–H and O–H groups in total. The highest BCUT2D eigenvalue weighted by atomic mass is 35.5. The number of benzene rings is 2. The molecule has 0 bridgehead atoms. The SMILES string of the molecule is CN(C)c1ccc(CNC(=O)C[NH+]2CCN(c3cccc(Cl)c3)CC2)cc1. The minimum atomic E-state index is 0.109. The third kappa shape index (κ3) is 5.62. The number of nitrogens with one attached hydrogen (secondary N) is 2. The lowest BCUT2D eigenvalue weighted by molar-refractivity contribution is -0.892. The summed E-state index contributed by atoms with van der Waals surface area (Å²) in [5.74, 6) is 0.109. The smallest absolute Gasteiger partial charge is 0.275 e. The molecular weight excluding hydrogens is 360 g/mol. The summed E-state index contributed by atoms with van der Waals surface area (Å²) in [6.07, 6.45) is 0. The first kappa shape index (κ1) is 19.5. The van der Waals surface area contributed by atoms with E-state index in [0.717, 1.165) is 48.1 Å². The zero-order valence-electron chi connectivity index (χ0n) is 16.0. The molecule has 6 heteroatoms. The maximum absolute atomic E-state index is 12.3. The van der Waals surface area contributed by atoms with E-state index in [0.29, 0.717) is 13.1 Å². The van der Waals surface area contributed by atoms with E-state index < -0.39 is 0 Å². The van der Waals surface area contributed by atoms with Crippen LogP contribution in [0.5, 0.6) is 0 Å². The molecule has 1 amide bonds. The number of nitrogens with zero attached hydrogens (tertiary/aromatic N) is 2. The number of rotatable bonds is 6. The molecule has 1 heterocycles. The van der Waals surface area contributed by atoms with Gasteiger partial charge in [0.2, 0.25) is 0 Å². The maximum atomic E-state index is 12.3. The summed E-state index contributed by atoms with van der Waals surface area (Å²) < 4.78 is 0. The predicted octanol–water partition coefficient (Wildman–Crippen LogP) is 1.43. The van der Waals surface area contributed by atoms with Gasteiger partial charge >= 0.3 is 0 Å². The van der Waals surface area contributed by atoms with Crippen LogP contribution in [-0.4, -0.2) is 52.7 Å². The second kappa shape index (κ2) is 9.11. The van der Waals surface area contributed by atoms with Crippen molar-refractivity contribution in [3.05, 3.63) is 59.1 Å². The number of anilines is 2. The third-order valence-electron chi connectivity index (χ3n) is 5.00. The van der Waals surface area contributed by atoms with Gasteiger partial charge in [0.25, 0.3) is 5.91 Å². The molecule has 0 radical (unpaired) electrons. The molecule has 5 nitrogen and oxygen atoms in total. The Labute approximate surface area is 166 Å². The second-order valence-corrected chi connectivity index (χ2v) is 7.67. The molecule has 2 aromatic rings. The van der Waals surface area contributed by atoms with E-state index in [1.54, 1.807) is 0 Å². The van der Waals surface area contributed by atoms with Crippen LogP contribution in [0.2, 0.25) is 5.02 Å². The Bertz CT molecular complexity index is 755. The molecule has 2 aromatic carbocycles. The van der Waals surface area contributed by atoms with E-state index in [9.17, 15) is 4.79 Å². The number of amides is 1. The van der Waals surface area contributed by atoms with Gasteiger partial charge in [-0.1, -0.05) is 29.8 Å². The molecule has 1 aliphatic rings. The average molecular weight is 388 g/mol. The van der Waals surface area contributed by atoms with Crippen molar-refractivity contribution in [3.8, 4) is 0 Å². The highest BCUT2D eigenvalue weighted by Gasteiger charge is 2.22. The summed E-state index contributed by atoms with van der Waals surface area (Å²) in [5, 5.41) is 3.81. The minimum absolute atomic E-state index is 0.109. The average Bonchev–Trinajstić information content (AvgIpc) is 2.67. The van der Waals surface area contributed by atoms with E-state index >= 15 is 0 Å². The summed E-state index contributed by atoms with van der Waals surface area (Å²) in [4.78, 5) is 18.0. The number of piperazine rings is 1. The zero-order chi connectivity index (χ0) is 19.2. The Kier molecular flexibility index (Phi) is 6.58. The molecule has 0 spiro atoms. The standard InChI is InChI=1S/C21H27ClN4O/c1-24(2)19-8-6-17(7-9-19)15-23-21(27)16-25-10-12-26(13-11-25)20-5-3-4-18(22)14-20/h3-9,14H,10-13,15-16H2,1-2H3,(H,23,27)/p+1. The lowest BCUT2D eigenvalue weighted by atomic mass is 10.2. The van der Waals surface area contributed by atoms with Crippen LogP contribution in [0.3, 0.4) is 0 Å². The van der Waals surface area contributed by atoms with E-state index in [4.69, 9.17) is 11.6 Å². The van der Waals surface area contributed by atoms with Crippen LogP contribution >= 0.6 is 11.6 Å². The van der Waals surface area contributed by atoms with Crippen LogP contribution in [0, 0.1) is 0 Å². The van der Waals surface area contributed by atoms with Gasteiger partial charge in [-0.15, -0.1) is 0 Å². The van der Waals surface area contributed by atoms with E-state index in [1.807, 2.05) is 32.3 Å². The number of carbonyl (C=O) groups is 1. The fourth-order valence-electron chi connectivity index (χ4n) is 3.33. The molecule has 0 unspecified atom stereocenters. The van der Waals surface area contributed by atoms with Gasteiger partial charge in [0.15, 0.2) is 6.54 Å². The van der Waals surface area contributed by atoms with Crippen LogP contribution < -0.4 is 20.0 Å². The van der Waals surface area contributed by atoms with Crippen molar-refractivity contribution in [2.75, 3.05) is 56.6 Å². The second-order valence-electron chi connectivity index (χ2n) is 7.23. The normalized spacial score (nSPS) is 14.9. The van der Waals surface area contributed by atoms with E-state index in [-0.39, 0.29) is 5.91 Å². The Morgan fingerprint density at radius 2 is 1.85 bits per heavy atom. The Morgan fingerprint density at radius 3 is 2.48 bits per heavy atom. The summed E-state index contributed by atoms with van der Waals surface area (Å²) in [7, 11) is 4.04. The fraction of sp³-hybridized carbons (Fsp3) is 0.381. The highest BCUT2D eigenvalue weighted by Crippen LogP contribution is 2.19. The molecule has 0 atom stereocenters. The van der Waals surface area contributed by atoms with Gasteiger partial charge in [-0.25, -0.2) is 0 Å². The molecule has 0 saturated carbocycles. The van der Waals surface area contributed by atoms with Gasteiger partial charge in [0, 0.05) is 37.0 Å². The first-order chi connectivity index (χ1) is 13.0. The maximum Gasteiger partial charge on any atom is 0.275 e. The molecule has 1 aliphatic heterocycles. The molecule has 3 rings (SSSR count). The van der Waals surface area contributed by atoms with E-state index in [2.05, 4.69) is 45.4 Å². The quantitative estimate of drug-likeness (QED) is 0.787. The molecule has 144 valence electrons. The third-order valence-corrected chi connectivity index (χ3v) is 5.23. The molecular formula is C21H28ClN4O+. The Balaban J connectivity index is 1.41. The summed E-state index contributed by atoms with van der Waals surface area (Å²) in [6, 6.07) is 16.2. The number of quaternary nitrogens is 1. The van der Waals surface area contributed by atoms with Gasteiger partial charge in [-0.2, -0.15) is 0 Å². The lowest BCUT2D eigenvalue weighted by Crippen LogP contribution is -3.15. The Morgan fingerprint density at radius 1 is 1.15 bits per heavy atom. The number of carbonyl (C=O) groups excluding carboxylic acids is 1. The molecule has 0 aliphatic carbocycles. The van der Waals surface area contributed by atoms with Crippen LogP contribution in [0.25, 0.3) is 0 Å². The predicted molar refractivity (Wildman–Crippen MR) is 112 cm³/mol. The van der Waals surface area contributed by atoms with Crippen molar-refractivity contribution in [2.24, 2.45) is 0 Å². The van der Waals surface area contributed by atoms with E-state index in [1.165, 1.54) is 4.90 Å². The van der Waals surface area contributed by atoms with Gasteiger partial charge in [0.1, 0.15) is 0 Å². The lowest BCUT2D eigenvalue weighted by Gasteiger charge is -2.33. The van der Waals surface area contributed by atoms with Crippen molar-refractivity contribution < 1.29 is 9.69 Å². The van der Waals surface area contributed by atoms with Gasteiger partial charge in [0.05, 0.1) is 26.2 Å². The van der Waals surface area contributed by atoms with Gasteiger partial charge < -0.3 is 20.0 Å². The minimum Gasteiger partial charge on any atom is -0.378 e. The topological polar surface area (TPSA) is 40.0 Å². The summed E-state index contributed by atoms with van der Waals surface area (Å²) in [5.41, 5.74) is 3.44. The summed E-state index contributed by atoms with van der Waals surface area (Å²) >= 11 is 6.08. The number of hydrogen-bond acceptors (Lipinski definition) is 3. The van der Waals surface area contributed by atoms with Crippen LogP contribution in [-0.2, 0) is 11.3 Å². The molecule has 27 heavy (non-hydrogen) atoms. The largest absolute Gasteiger partial charge is 0.378 e. The zero-order valence-corrected chi connectivity index (χ0v) is 16.8. The van der Waals surface area contributed by atoms with Crippen LogP contribution in [0.4, 0.5) is 11.4 Å². The van der Waals surface area contributed by atoms with Gasteiger partial charge in [-0.3, -0.25) is 4.79 Å². The highest BCUT2D eigenvalue weighted by molar-refractivity contribution is 6.30. The van der Waals surface area contributed by atoms with Crippen molar-refractivity contribution in [2.45, 2.75) is 6.54 Å². The molecule has 1 fully saturated rings. The molecule has 0 aromatic heterocycles. The fourth-order valence-corrected chi connectivity index (χ4v) is 3.52. The van der Waals surface area contributed by atoms with Crippen LogP contribution in [0.15, 0.2) is 48.5 Å². The van der Waals surface area contributed by atoms with Gasteiger partial charge in [-0.05, 0) is 35.9 Å². The van der Waals surface area contributed by atoms with Crippen molar-refractivity contribution in [3.63, 3.8) is 0 Å².